The Morgan fingerprint density at radius 3 is 2.75 bits per heavy atom. The highest BCUT2D eigenvalue weighted by Gasteiger charge is 2.15. The minimum Gasteiger partial charge on any atom is -0.226 e. The fourth-order valence-corrected chi connectivity index (χ4v) is 1.46. The van der Waals surface area contributed by atoms with Gasteiger partial charge in [0, 0.05) is 16.8 Å². The van der Waals surface area contributed by atoms with E-state index in [0.29, 0.717) is 0 Å². The summed E-state index contributed by atoms with van der Waals surface area (Å²) in [5, 5.41) is 3.75. The predicted octanol–water partition coefficient (Wildman–Crippen LogP) is 3.53. The second-order valence-electron chi connectivity index (χ2n) is 4.74. The van der Waals surface area contributed by atoms with Gasteiger partial charge in [0.1, 0.15) is 0 Å². The summed E-state index contributed by atoms with van der Waals surface area (Å²) in [5.74, 6) is 0. The number of azide groups is 1. The van der Waals surface area contributed by atoms with Crippen LogP contribution in [0.5, 0.6) is 0 Å². The maximum absolute atomic E-state index is 8.30. The molecule has 0 saturated carbocycles. The van der Waals surface area contributed by atoms with Crippen LogP contribution in [0.4, 0.5) is 0 Å². The van der Waals surface area contributed by atoms with Gasteiger partial charge in [-0.3, -0.25) is 0 Å². The smallest absolute Gasteiger partial charge is 0.222 e. The first-order chi connectivity index (χ1) is 7.42. The maximum atomic E-state index is 8.30. The van der Waals surface area contributed by atoms with E-state index in [0.717, 1.165) is 17.7 Å². The summed E-state index contributed by atoms with van der Waals surface area (Å²) < 4.78 is 0. The van der Waals surface area contributed by atoms with Gasteiger partial charge in [0.25, 0.3) is 0 Å². The van der Waals surface area contributed by atoms with Gasteiger partial charge in [-0.25, -0.2) is 9.97 Å². The molecule has 0 atom stereocenters. The lowest BCUT2D eigenvalue weighted by Crippen LogP contribution is -2.13. The molecule has 86 valence electrons. The first kappa shape index (κ1) is 12.7. The lowest BCUT2D eigenvalue weighted by Gasteiger charge is -2.18. The van der Waals surface area contributed by atoms with E-state index in [4.69, 9.17) is 17.1 Å². The summed E-state index contributed by atoms with van der Waals surface area (Å²) in [7, 11) is 0. The zero-order valence-corrected chi connectivity index (χ0v) is 10.4. The average Bonchev–Trinajstić information content (AvgIpc) is 2.14. The van der Waals surface area contributed by atoms with Gasteiger partial charge in [-0.15, -0.1) is 0 Å². The monoisotopic (exact) mass is 239 g/mol. The third kappa shape index (κ3) is 4.04. The molecule has 0 amide bonds. The summed E-state index contributed by atoms with van der Waals surface area (Å²) in [6.45, 7) is 6.60. The molecule has 0 aliphatic carbocycles. The second kappa shape index (κ2) is 5.14. The Hall–Kier alpha value is -1.32. The van der Waals surface area contributed by atoms with Crippen LogP contribution in [0.15, 0.2) is 11.3 Å². The van der Waals surface area contributed by atoms with E-state index in [1.54, 1.807) is 6.20 Å². The molecule has 0 spiro atoms. The van der Waals surface area contributed by atoms with Crippen molar-refractivity contribution >= 4 is 11.6 Å². The van der Waals surface area contributed by atoms with Crippen molar-refractivity contribution < 1.29 is 0 Å². The maximum Gasteiger partial charge on any atom is 0.222 e. The van der Waals surface area contributed by atoms with Gasteiger partial charge in [0.2, 0.25) is 5.28 Å². The topological polar surface area (TPSA) is 74.5 Å². The lowest BCUT2D eigenvalue weighted by molar-refractivity contribution is 0.404. The lowest BCUT2D eigenvalue weighted by atomic mass is 9.89. The Morgan fingerprint density at radius 1 is 1.50 bits per heavy atom. The van der Waals surface area contributed by atoms with Gasteiger partial charge in [0.15, 0.2) is 0 Å². The standard InChI is InChI=1S/C10H14ClN5/c1-10(2,3)4-8-7(6-14-16-12)5-13-9(11)15-8/h5H,4,6H2,1-3H3. The van der Waals surface area contributed by atoms with Crippen LogP contribution in [0.3, 0.4) is 0 Å². The number of halogens is 1. The Morgan fingerprint density at radius 2 is 2.19 bits per heavy atom. The molecule has 5 nitrogen and oxygen atoms in total. The number of hydrogen-bond donors (Lipinski definition) is 0. The molecule has 0 aliphatic heterocycles. The SMILES string of the molecule is CC(C)(C)Cc1nc(Cl)ncc1CN=[N+]=[N-]. The third-order valence-electron chi connectivity index (χ3n) is 1.93. The first-order valence-electron chi connectivity index (χ1n) is 4.93. The molecule has 1 heterocycles. The average molecular weight is 240 g/mol. The third-order valence-corrected chi connectivity index (χ3v) is 2.11. The Balaban J connectivity index is 3.02. The van der Waals surface area contributed by atoms with Gasteiger partial charge in [-0.2, -0.15) is 0 Å². The van der Waals surface area contributed by atoms with Crippen molar-refractivity contribution in [3.63, 3.8) is 0 Å². The molecule has 0 unspecified atom stereocenters. The van der Waals surface area contributed by atoms with E-state index in [1.165, 1.54) is 0 Å². The predicted molar refractivity (Wildman–Crippen MR) is 63.1 cm³/mol. The van der Waals surface area contributed by atoms with Gasteiger partial charge < -0.3 is 0 Å². The Bertz CT molecular complexity index is 418. The summed E-state index contributed by atoms with van der Waals surface area (Å²) >= 11 is 5.75. The molecule has 0 bridgehead atoms. The van der Waals surface area contributed by atoms with Crippen molar-refractivity contribution in [2.24, 2.45) is 10.5 Å². The van der Waals surface area contributed by atoms with Gasteiger partial charge >= 0.3 is 0 Å². The second-order valence-corrected chi connectivity index (χ2v) is 5.08. The molecule has 0 aliphatic rings. The van der Waals surface area contributed by atoms with Crippen LogP contribution in [-0.4, -0.2) is 9.97 Å². The first-order valence-corrected chi connectivity index (χ1v) is 5.31. The van der Waals surface area contributed by atoms with Crippen molar-refractivity contribution in [2.45, 2.75) is 33.7 Å². The van der Waals surface area contributed by atoms with E-state index >= 15 is 0 Å². The zero-order valence-electron chi connectivity index (χ0n) is 9.61. The highest BCUT2D eigenvalue weighted by molar-refractivity contribution is 6.28. The normalized spacial score (nSPS) is 11.0. The quantitative estimate of drug-likeness (QED) is 0.350. The fourth-order valence-electron chi connectivity index (χ4n) is 1.31. The van der Waals surface area contributed by atoms with E-state index in [2.05, 4.69) is 40.8 Å². The van der Waals surface area contributed by atoms with E-state index in [1.807, 2.05) is 0 Å². The van der Waals surface area contributed by atoms with Crippen LogP contribution in [-0.2, 0) is 13.0 Å². The van der Waals surface area contributed by atoms with Crippen molar-refractivity contribution in [3.8, 4) is 0 Å². The van der Waals surface area contributed by atoms with E-state index < -0.39 is 0 Å². The fraction of sp³-hybridized carbons (Fsp3) is 0.600. The van der Waals surface area contributed by atoms with Crippen molar-refractivity contribution in [3.05, 3.63) is 33.2 Å². The Kier molecular flexibility index (Phi) is 4.10. The van der Waals surface area contributed by atoms with Crippen molar-refractivity contribution in [2.75, 3.05) is 0 Å². The van der Waals surface area contributed by atoms with Crippen molar-refractivity contribution in [1.29, 1.82) is 0 Å². The molecule has 0 radical (unpaired) electrons. The molecule has 16 heavy (non-hydrogen) atoms. The van der Waals surface area contributed by atoms with Gasteiger partial charge in [0.05, 0.1) is 6.54 Å². The van der Waals surface area contributed by atoms with E-state index in [9.17, 15) is 0 Å². The molecule has 0 fully saturated rings. The number of hydrogen-bond acceptors (Lipinski definition) is 3. The van der Waals surface area contributed by atoms with Crippen LogP contribution in [0.1, 0.15) is 32.0 Å². The minimum atomic E-state index is 0.1000. The molecule has 1 aromatic rings. The molecule has 0 aromatic carbocycles. The van der Waals surface area contributed by atoms with Crippen molar-refractivity contribution in [1.82, 2.24) is 9.97 Å². The Labute approximate surface area is 99.5 Å². The molecule has 1 rings (SSSR count). The summed E-state index contributed by atoms with van der Waals surface area (Å²) in [6.07, 6.45) is 2.39. The summed E-state index contributed by atoms with van der Waals surface area (Å²) in [5.41, 5.74) is 10.1. The summed E-state index contributed by atoms with van der Waals surface area (Å²) in [4.78, 5) is 10.8. The molecule has 1 aromatic heterocycles. The zero-order chi connectivity index (χ0) is 12.2. The highest BCUT2D eigenvalue weighted by Crippen LogP contribution is 2.22. The number of aromatic nitrogens is 2. The molecule has 0 N–H and O–H groups in total. The van der Waals surface area contributed by atoms with E-state index in [-0.39, 0.29) is 17.2 Å². The van der Waals surface area contributed by atoms with Crippen LogP contribution >= 0.6 is 11.6 Å². The largest absolute Gasteiger partial charge is 0.226 e. The molecule has 0 saturated heterocycles. The van der Waals surface area contributed by atoms with Crippen LogP contribution in [0.25, 0.3) is 10.4 Å². The highest BCUT2D eigenvalue weighted by atomic mass is 35.5. The summed E-state index contributed by atoms with van der Waals surface area (Å²) in [6, 6.07) is 0. The van der Waals surface area contributed by atoms with Crippen LogP contribution < -0.4 is 0 Å². The van der Waals surface area contributed by atoms with Crippen LogP contribution in [0, 0.1) is 5.41 Å². The number of rotatable bonds is 3. The molecular formula is C10H14ClN5. The minimum absolute atomic E-state index is 0.1000. The van der Waals surface area contributed by atoms with Crippen LogP contribution in [0.2, 0.25) is 5.28 Å². The van der Waals surface area contributed by atoms with Gasteiger partial charge in [-0.1, -0.05) is 25.9 Å². The van der Waals surface area contributed by atoms with Gasteiger partial charge in [-0.05, 0) is 34.5 Å². The number of nitrogens with zero attached hydrogens (tertiary/aromatic N) is 5. The molecule has 6 heteroatoms. The molecular weight excluding hydrogens is 226 g/mol.